The van der Waals surface area contributed by atoms with Crippen LogP contribution < -0.4 is 5.32 Å². The van der Waals surface area contributed by atoms with Gasteiger partial charge in [0, 0.05) is 18.5 Å². The van der Waals surface area contributed by atoms with E-state index in [-0.39, 0.29) is 17.6 Å². The molecule has 0 aromatic heterocycles. The van der Waals surface area contributed by atoms with Crippen LogP contribution >= 0.6 is 0 Å². The number of hydrogen-bond donors (Lipinski definition) is 1. The molecule has 0 aliphatic heterocycles. The maximum Gasteiger partial charge on any atom is 0.123 e. The highest BCUT2D eigenvalue weighted by Crippen LogP contribution is 2.21. The predicted octanol–water partition coefficient (Wildman–Crippen LogP) is 4.29. The van der Waals surface area contributed by atoms with Gasteiger partial charge >= 0.3 is 0 Å². The molecule has 0 saturated heterocycles. The van der Waals surface area contributed by atoms with E-state index in [2.05, 4.69) is 19.2 Å². The van der Waals surface area contributed by atoms with Crippen LogP contribution in [0.25, 0.3) is 0 Å². The molecule has 0 spiro atoms. The maximum atomic E-state index is 13.1. The van der Waals surface area contributed by atoms with E-state index in [0.29, 0.717) is 6.04 Å². The Hall–Kier alpha value is -1.74. The monoisotopic (exact) mass is 289 g/mol. The van der Waals surface area contributed by atoms with Crippen molar-refractivity contribution in [3.8, 4) is 0 Å². The van der Waals surface area contributed by atoms with Crippen molar-refractivity contribution in [3.63, 3.8) is 0 Å². The van der Waals surface area contributed by atoms with Gasteiger partial charge in [0.1, 0.15) is 11.6 Å². The van der Waals surface area contributed by atoms with Crippen molar-refractivity contribution < 1.29 is 8.78 Å². The zero-order chi connectivity index (χ0) is 15.2. The van der Waals surface area contributed by atoms with E-state index in [1.54, 1.807) is 12.1 Å². The summed E-state index contributed by atoms with van der Waals surface area (Å²) in [5, 5.41) is 3.42. The first-order chi connectivity index (χ1) is 10.0. The summed E-state index contributed by atoms with van der Waals surface area (Å²) in [6.07, 6.45) is 0.797. The molecule has 2 rings (SSSR count). The average Bonchev–Trinajstić information content (AvgIpc) is 2.46. The second-order valence-electron chi connectivity index (χ2n) is 5.64. The van der Waals surface area contributed by atoms with Crippen LogP contribution in [0.5, 0.6) is 0 Å². The molecule has 1 atom stereocenters. The number of nitrogens with one attached hydrogen (secondary N) is 1. The Morgan fingerprint density at radius 1 is 0.857 bits per heavy atom. The van der Waals surface area contributed by atoms with E-state index in [9.17, 15) is 8.78 Å². The molecule has 2 aromatic carbocycles. The Balaban J connectivity index is 2.14. The van der Waals surface area contributed by atoms with Crippen LogP contribution in [-0.2, 0) is 6.42 Å². The topological polar surface area (TPSA) is 12.0 Å². The standard InChI is InChI=1S/C18H21F2N/c1-13(2)21-12-16(15-5-9-18(20)10-6-15)11-14-3-7-17(19)8-4-14/h3-10,13,16,21H,11-12H2,1-2H3. The summed E-state index contributed by atoms with van der Waals surface area (Å²) < 4.78 is 26.1. The van der Waals surface area contributed by atoms with Crippen LogP contribution in [0.2, 0.25) is 0 Å². The van der Waals surface area contributed by atoms with Gasteiger partial charge in [-0.25, -0.2) is 8.78 Å². The fourth-order valence-electron chi connectivity index (χ4n) is 2.33. The quantitative estimate of drug-likeness (QED) is 0.836. The van der Waals surface area contributed by atoms with Gasteiger partial charge in [0.05, 0.1) is 0 Å². The highest BCUT2D eigenvalue weighted by Gasteiger charge is 2.13. The third-order valence-electron chi connectivity index (χ3n) is 3.51. The van der Waals surface area contributed by atoms with Crippen LogP contribution in [-0.4, -0.2) is 12.6 Å². The highest BCUT2D eigenvalue weighted by atomic mass is 19.1. The first-order valence-electron chi connectivity index (χ1n) is 7.28. The van der Waals surface area contributed by atoms with Crippen LogP contribution in [0.4, 0.5) is 8.78 Å². The van der Waals surface area contributed by atoms with Crippen LogP contribution in [0.3, 0.4) is 0 Å². The largest absolute Gasteiger partial charge is 0.314 e. The van der Waals surface area contributed by atoms with Gasteiger partial charge in [-0.05, 0) is 41.8 Å². The summed E-state index contributed by atoms with van der Waals surface area (Å²) in [6.45, 7) is 5.00. The Morgan fingerprint density at radius 2 is 1.38 bits per heavy atom. The Bertz CT molecular complexity index is 546. The van der Waals surface area contributed by atoms with Crippen molar-refractivity contribution in [1.29, 1.82) is 0 Å². The van der Waals surface area contributed by atoms with E-state index >= 15 is 0 Å². The summed E-state index contributed by atoms with van der Waals surface area (Å²) in [5.74, 6) is -0.216. The van der Waals surface area contributed by atoms with Crippen LogP contribution in [0, 0.1) is 11.6 Å². The fraction of sp³-hybridized carbons (Fsp3) is 0.333. The molecule has 0 aliphatic rings. The van der Waals surface area contributed by atoms with Gasteiger partial charge in [-0.1, -0.05) is 38.1 Å². The lowest BCUT2D eigenvalue weighted by atomic mass is 9.91. The van der Waals surface area contributed by atoms with Crippen molar-refractivity contribution in [1.82, 2.24) is 5.32 Å². The molecule has 0 heterocycles. The highest BCUT2D eigenvalue weighted by molar-refractivity contribution is 5.25. The third kappa shape index (κ3) is 4.94. The van der Waals surface area contributed by atoms with Crippen LogP contribution in [0.1, 0.15) is 30.9 Å². The molecule has 0 aliphatic carbocycles. The Labute approximate surface area is 125 Å². The molecule has 0 bridgehead atoms. The molecule has 0 radical (unpaired) electrons. The van der Waals surface area contributed by atoms with E-state index in [4.69, 9.17) is 0 Å². The van der Waals surface area contributed by atoms with Gasteiger partial charge in [0.25, 0.3) is 0 Å². The molecule has 0 amide bonds. The summed E-state index contributed by atoms with van der Waals surface area (Å²) in [4.78, 5) is 0. The Kier molecular flexibility index (Phi) is 5.45. The summed E-state index contributed by atoms with van der Waals surface area (Å²) in [5.41, 5.74) is 2.17. The Morgan fingerprint density at radius 3 is 1.90 bits per heavy atom. The molecular weight excluding hydrogens is 268 g/mol. The summed E-state index contributed by atoms with van der Waals surface area (Å²) >= 11 is 0. The van der Waals surface area contributed by atoms with E-state index < -0.39 is 0 Å². The van der Waals surface area contributed by atoms with E-state index in [1.807, 2.05) is 12.1 Å². The second-order valence-corrected chi connectivity index (χ2v) is 5.64. The lowest BCUT2D eigenvalue weighted by Gasteiger charge is -2.20. The number of hydrogen-bond acceptors (Lipinski definition) is 1. The van der Waals surface area contributed by atoms with Crippen molar-refractivity contribution in [3.05, 3.63) is 71.3 Å². The number of benzene rings is 2. The SMILES string of the molecule is CC(C)NCC(Cc1ccc(F)cc1)c1ccc(F)cc1. The van der Waals surface area contributed by atoms with E-state index in [0.717, 1.165) is 24.1 Å². The first kappa shape index (κ1) is 15.6. The lowest BCUT2D eigenvalue weighted by Crippen LogP contribution is -2.29. The van der Waals surface area contributed by atoms with Crippen LogP contribution in [0.15, 0.2) is 48.5 Å². The minimum absolute atomic E-state index is 0.225. The van der Waals surface area contributed by atoms with Crippen molar-refractivity contribution in [2.75, 3.05) is 6.54 Å². The third-order valence-corrected chi connectivity index (χ3v) is 3.51. The maximum absolute atomic E-state index is 13.1. The van der Waals surface area contributed by atoms with E-state index in [1.165, 1.54) is 24.3 Å². The molecule has 2 aromatic rings. The van der Waals surface area contributed by atoms with Gasteiger partial charge in [-0.3, -0.25) is 0 Å². The molecule has 0 fully saturated rings. The lowest BCUT2D eigenvalue weighted by molar-refractivity contribution is 0.525. The summed E-state index contributed by atoms with van der Waals surface area (Å²) in [7, 11) is 0. The predicted molar refractivity (Wildman–Crippen MR) is 82.4 cm³/mol. The molecule has 0 saturated carbocycles. The molecule has 1 unspecified atom stereocenters. The zero-order valence-electron chi connectivity index (χ0n) is 12.4. The van der Waals surface area contributed by atoms with Gasteiger partial charge in [-0.2, -0.15) is 0 Å². The molecule has 112 valence electrons. The van der Waals surface area contributed by atoms with Crippen molar-refractivity contribution in [2.24, 2.45) is 0 Å². The molecular formula is C18H21F2N. The molecule has 1 nitrogen and oxygen atoms in total. The zero-order valence-corrected chi connectivity index (χ0v) is 12.4. The minimum atomic E-state index is -0.226. The fourth-order valence-corrected chi connectivity index (χ4v) is 2.33. The molecule has 1 N–H and O–H groups in total. The smallest absolute Gasteiger partial charge is 0.123 e. The minimum Gasteiger partial charge on any atom is -0.314 e. The normalized spacial score (nSPS) is 12.6. The van der Waals surface area contributed by atoms with Crippen molar-refractivity contribution in [2.45, 2.75) is 32.2 Å². The average molecular weight is 289 g/mol. The number of halogens is 2. The van der Waals surface area contributed by atoms with Gasteiger partial charge in [0.2, 0.25) is 0 Å². The summed E-state index contributed by atoms with van der Waals surface area (Å²) in [6, 6.07) is 13.6. The first-order valence-corrected chi connectivity index (χ1v) is 7.28. The number of rotatable bonds is 6. The molecule has 21 heavy (non-hydrogen) atoms. The van der Waals surface area contributed by atoms with Gasteiger partial charge in [0.15, 0.2) is 0 Å². The second kappa shape index (κ2) is 7.32. The van der Waals surface area contributed by atoms with Gasteiger partial charge in [-0.15, -0.1) is 0 Å². The molecule has 3 heteroatoms. The van der Waals surface area contributed by atoms with Gasteiger partial charge < -0.3 is 5.32 Å². The van der Waals surface area contributed by atoms with Crippen molar-refractivity contribution >= 4 is 0 Å².